The molecule has 0 amide bonds. The molecular weight excluding hydrogens is 318 g/mol. The maximum absolute atomic E-state index is 13.6. The molecule has 2 nitrogen and oxygen atoms in total. The van der Waals surface area contributed by atoms with Crippen LogP contribution in [0, 0.1) is 11.6 Å². The zero-order valence-corrected chi connectivity index (χ0v) is 10.9. The van der Waals surface area contributed by atoms with E-state index in [4.69, 9.17) is 5.11 Å². The molecule has 7 heteroatoms. The van der Waals surface area contributed by atoms with Crippen molar-refractivity contribution in [3.8, 4) is 0 Å². The smallest absolute Gasteiger partial charge is 0.251 e. The molecule has 0 aromatic heterocycles. The lowest BCUT2D eigenvalue weighted by atomic mass is 10.2. The lowest BCUT2D eigenvalue weighted by Gasteiger charge is -2.21. The number of benzene rings is 1. The largest absolute Gasteiger partial charge is 0.395 e. The molecule has 0 aliphatic rings. The van der Waals surface area contributed by atoms with Crippen LogP contribution in [0.15, 0.2) is 16.6 Å². The Morgan fingerprint density at radius 1 is 1.28 bits per heavy atom. The third-order valence-corrected chi connectivity index (χ3v) is 2.95. The SMILES string of the molecule is OCCN(Cc1c(F)ccc(Br)c1F)CC(F)F. The van der Waals surface area contributed by atoms with Gasteiger partial charge >= 0.3 is 0 Å². The summed E-state index contributed by atoms with van der Waals surface area (Å²) in [5.41, 5.74) is -0.293. The van der Waals surface area contributed by atoms with Gasteiger partial charge in [-0.3, -0.25) is 4.90 Å². The molecule has 0 aliphatic heterocycles. The van der Waals surface area contributed by atoms with Gasteiger partial charge < -0.3 is 5.11 Å². The maximum Gasteiger partial charge on any atom is 0.251 e. The van der Waals surface area contributed by atoms with Gasteiger partial charge in [0.1, 0.15) is 11.6 Å². The second kappa shape index (κ2) is 7.06. The molecule has 0 atom stereocenters. The number of aliphatic hydroxyl groups is 1. The molecule has 0 saturated heterocycles. The topological polar surface area (TPSA) is 23.5 Å². The van der Waals surface area contributed by atoms with E-state index in [0.717, 1.165) is 11.0 Å². The third kappa shape index (κ3) is 4.22. The fraction of sp³-hybridized carbons (Fsp3) is 0.455. The lowest BCUT2D eigenvalue weighted by molar-refractivity contribution is 0.0734. The lowest BCUT2D eigenvalue weighted by Crippen LogP contribution is -2.32. The van der Waals surface area contributed by atoms with E-state index in [1.54, 1.807) is 0 Å². The molecule has 0 aliphatic carbocycles. The monoisotopic (exact) mass is 329 g/mol. The van der Waals surface area contributed by atoms with Crippen LogP contribution in [0.3, 0.4) is 0 Å². The first-order valence-electron chi connectivity index (χ1n) is 5.19. The summed E-state index contributed by atoms with van der Waals surface area (Å²) in [5, 5.41) is 8.74. The standard InChI is InChI=1S/C11H12BrF4NO/c12-8-1-2-9(13)7(11(8)16)5-17(3-4-18)6-10(14)15/h1-2,10,18H,3-6H2. The molecule has 1 N–H and O–H groups in total. The van der Waals surface area contributed by atoms with E-state index in [9.17, 15) is 17.6 Å². The quantitative estimate of drug-likeness (QED) is 0.640. The highest BCUT2D eigenvalue weighted by Gasteiger charge is 2.18. The zero-order chi connectivity index (χ0) is 13.7. The number of hydrogen-bond donors (Lipinski definition) is 1. The zero-order valence-electron chi connectivity index (χ0n) is 9.34. The van der Waals surface area contributed by atoms with Crippen molar-refractivity contribution in [3.63, 3.8) is 0 Å². The van der Waals surface area contributed by atoms with Gasteiger partial charge in [-0.2, -0.15) is 0 Å². The van der Waals surface area contributed by atoms with E-state index >= 15 is 0 Å². The van der Waals surface area contributed by atoms with E-state index < -0.39 is 24.6 Å². The van der Waals surface area contributed by atoms with E-state index in [2.05, 4.69) is 15.9 Å². The van der Waals surface area contributed by atoms with Crippen molar-refractivity contribution in [1.82, 2.24) is 4.90 Å². The number of nitrogens with zero attached hydrogens (tertiary/aromatic N) is 1. The van der Waals surface area contributed by atoms with Crippen molar-refractivity contribution in [2.75, 3.05) is 19.7 Å². The Kier molecular flexibility index (Phi) is 6.04. The molecule has 18 heavy (non-hydrogen) atoms. The second-order valence-electron chi connectivity index (χ2n) is 3.67. The summed E-state index contributed by atoms with van der Waals surface area (Å²) < 4.78 is 51.7. The summed E-state index contributed by atoms with van der Waals surface area (Å²) in [7, 11) is 0. The molecule has 102 valence electrons. The predicted octanol–water partition coefficient (Wildman–Crippen LogP) is 2.79. The molecule has 0 unspecified atom stereocenters. The van der Waals surface area contributed by atoms with Gasteiger partial charge in [-0.1, -0.05) is 0 Å². The minimum atomic E-state index is -2.63. The van der Waals surface area contributed by atoms with Gasteiger partial charge in [-0.15, -0.1) is 0 Å². The first-order chi connectivity index (χ1) is 8.45. The average molecular weight is 330 g/mol. The Labute approximate surface area is 110 Å². The van der Waals surface area contributed by atoms with Gasteiger partial charge in [0.25, 0.3) is 6.43 Å². The fourth-order valence-corrected chi connectivity index (χ4v) is 1.88. The third-order valence-electron chi connectivity index (χ3n) is 2.33. The van der Waals surface area contributed by atoms with Crippen molar-refractivity contribution >= 4 is 15.9 Å². The molecule has 0 heterocycles. The Balaban J connectivity index is 2.89. The second-order valence-corrected chi connectivity index (χ2v) is 4.53. The highest BCUT2D eigenvalue weighted by Crippen LogP contribution is 2.23. The summed E-state index contributed by atoms with van der Waals surface area (Å²) in [5.74, 6) is -1.61. The van der Waals surface area contributed by atoms with E-state index in [1.165, 1.54) is 6.07 Å². The van der Waals surface area contributed by atoms with Crippen LogP contribution in [0.4, 0.5) is 17.6 Å². The Morgan fingerprint density at radius 2 is 1.94 bits per heavy atom. The van der Waals surface area contributed by atoms with Crippen LogP contribution in [0.5, 0.6) is 0 Å². The molecule has 0 fully saturated rings. The Bertz CT molecular complexity index is 403. The van der Waals surface area contributed by atoms with Gasteiger partial charge in [0.05, 0.1) is 17.6 Å². The highest BCUT2D eigenvalue weighted by atomic mass is 79.9. The number of aliphatic hydroxyl groups excluding tert-OH is 1. The summed E-state index contributed by atoms with van der Waals surface area (Å²) in [4.78, 5) is 1.10. The van der Waals surface area contributed by atoms with Crippen LogP contribution in [-0.4, -0.2) is 36.1 Å². The Hall–Kier alpha value is -0.660. The molecular formula is C11H12BrF4NO. The summed E-state index contributed by atoms with van der Waals surface area (Å²) in [6, 6.07) is 2.26. The average Bonchev–Trinajstić information content (AvgIpc) is 2.29. The minimum absolute atomic E-state index is 0.0693. The van der Waals surface area contributed by atoms with Crippen LogP contribution < -0.4 is 0 Å². The normalized spacial score (nSPS) is 11.6. The van der Waals surface area contributed by atoms with Gasteiger partial charge in [-0.25, -0.2) is 17.6 Å². The van der Waals surface area contributed by atoms with E-state index in [1.807, 2.05) is 0 Å². The number of alkyl halides is 2. The number of hydrogen-bond acceptors (Lipinski definition) is 2. The van der Waals surface area contributed by atoms with Crippen molar-refractivity contribution in [1.29, 1.82) is 0 Å². The summed E-state index contributed by atoms with van der Waals surface area (Å²) in [6.07, 6.45) is -2.63. The van der Waals surface area contributed by atoms with Crippen molar-refractivity contribution < 1.29 is 22.7 Å². The molecule has 1 aromatic carbocycles. The first kappa shape index (κ1) is 15.4. The molecule has 1 aromatic rings. The molecule has 0 bridgehead atoms. The minimum Gasteiger partial charge on any atom is -0.395 e. The molecule has 1 rings (SSSR count). The number of rotatable bonds is 6. The van der Waals surface area contributed by atoms with Gasteiger partial charge in [-0.05, 0) is 28.1 Å². The molecule has 0 saturated carbocycles. The van der Waals surface area contributed by atoms with Gasteiger partial charge in [0.2, 0.25) is 0 Å². The van der Waals surface area contributed by atoms with Gasteiger partial charge in [0, 0.05) is 18.7 Å². The van der Waals surface area contributed by atoms with Gasteiger partial charge in [0.15, 0.2) is 0 Å². The van der Waals surface area contributed by atoms with Crippen LogP contribution >= 0.6 is 15.9 Å². The molecule has 0 radical (unpaired) electrons. The summed E-state index contributed by atoms with van der Waals surface area (Å²) >= 11 is 2.90. The van der Waals surface area contributed by atoms with Crippen molar-refractivity contribution in [3.05, 3.63) is 33.8 Å². The van der Waals surface area contributed by atoms with Crippen molar-refractivity contribution in [2.45, 2.75) is 13.0 Å². The highest BCUT2D eigenvalue weighted by molar-refractivity contribution is 9.10. The van der Waals surface area contributed by atoms with Crippen LogP contribution in [-0.2, 0) is 6.54 Å². The van der Waals surface area contributed by atoms with E-state index in [0.29, 0.717) is 0 Å². The fourth-order valence-electron chi connectivity index (χ4n) is 1.51. The maximum atomic E-state index is 13.6. The van der Waals surface area contributed by atoms with Crippen molar-refractivity contribution in [2.24, 2.45) is 0 Å². The summed E-state index contributed by atoms with van der Waals surface area (Å²) in [6.45, 7) is -1.40. The van der Waals surface area contributed by atoms with E-state index in [-0.39, 0.29) is 29.7 Å². The van der Waals surface area contributed by atoms with Crippen LogP contribution in [0.25, 0.3) is 0 Å². The van der Waals surface area contributed by atoms with Crippen LogP contribution in [0.2, 0.25) is 0 Å². The predicted molar refractivity (Wildman–Crippen MR) is 62.4 cm³/mol. The Morgan fingerprint density at radius 3 is 2.50 bits per heavy atom. The first-order valence-corrected chi connectivity index (χ1v) is 5.98. The number of halogens is 5. The molecule has 0 spiro atoms. The van der Waals surface area contributed by atoms with Crippen LogP contribution in [0.1, 0.15) is 5.56 Å².